The number of hydrogen-bond donors (Lipinski definition) is 0. The van der Waals surface area contributed by atoms with Crippen LogP contribution in [0.1, 0.15) is 40.5 Å². The van der Waals surface area contributed by atoms with E-state index in [1.54, 1.807) is 6.92 Å². The summed E-state index contributed by atoms with van der Waals surface area (Å²) in [5, 5.41) is 0. The van der Waals surface area contributed by atoms with Gasteiger partial charge in [0.15, 0.2) is 0 Å². The monoisotopic (exact) mass is 142 g/mol. The highest BCUT2D eigenvalue weighted by molar-refractivity contribution is 5.78. The lowest BCUT2D eigenvalue weighted by atomic mass is 9.87. The third kappa shape index (κ3) is 2.51. The van der Waals surface area contributed by atoms with E-state index in [4.69, 9.17) is 0 Å². The van der Waals surface area contributed by atoms with Gasteiger partial charge in [-0.05, 0) is 19.3 Å². The van der Waals surface area contributed by atoms with Crippen LogP contribution in [0.5, 0.6) is 0 Å². The van der Waals surface area contributed by atoms with Gasteiger partial charge in [0.1, 0.15) is 5.78 Å². The van der Waals surface area contributed by atoms with Crippen molar-refractivity contribution in [3.05, 3.63) is 0 Å². The predicted molar refractivity (Wildman–Crippen MR) is 43.9 cm³/mol. The van der Waals surface area contributed by atoms with Gasteiger partial charge in [0.05, 0.1) is 0 Å². The first-order valence-electron chi connectivity index (χ1n) is 4.13. The van der Waals surface area contributed by atoms with Gasteiger partial charge in [-0.2, -0.15) is 0 Å². The van der Waals surface area contributed by atoms with E-state index in [1.165, 1.54) is 0 Å². The van der Waals surface area contributed by atoms with Crippen LogP contribution in [0.25, 0.3) is 0 Å². The lowest BCUT2D eigenvalue weighted by Crippen LogP contribution is -2.17. The van der Waals surface area contributed by atoms with Crippen LogP contribution in [0, 0.1) is 11.8 Å². The summed E-state index contributed by atoms with van der Waals surface area (Å²) in [7, 11) is 0. The quantitative estimate of drug-likeness (QED) is 0.589. The smallest absolute Gasteiger partial charge is 0.133 e. The minimum absolute atomic E-state index is 0.296. The van der Waals surface area contributed by atoms with Crippen molar-refractivity contribution in [2.75, 3.05) is 0 Å². The van der Waals surface area contributed by atoms with E-state index in [0.717, 1.165) is 12.8 Å². The number of rotatable bonds is 4. The molecular weight excluding hydrogens is 124 g/mol. The van der Waals surface area contributed by atoms with Gasteiger partial charge in [0.25, 0.3) is 0 Å². The molecule has 0 rings (SSSR count). The second-order valence-electron chi connectivity index (χ2n) is 3.01. The van der Waals surface area contributed by atoms with Crippen molar-refractivity contribution in [3.63, 3.8) is 0 Å². The Bertz CT molecular complexity index is 107. The number of ketones is 1. The van der Waals surface area contributed by atoms with Gasteiger partial charge in [-0.1, -0.05) is 27.2 Å². The van der Waals surface area contributed by atoms with Crippen molar-refractivity contribution in [1.82, 2.24) is 0 Å². The fraction of sp³-hybridized carbons (Fsp3) is 0.889. The van der Waals surface area contributed by atoms with Gasteiger partial charge < -0.3 is 0 Å². The zero-order chi connectivity index (χ0) is 8.15. The molecule has 0 amide bonds. The second kappa shape index (κ2) is 4.48. The maximum atomic E-state index is 11.0. The summed E-state index contributed by atoms with van der Waals surface area (Å²) < 4.78 is 0. The minimum Gasteiger partial charge on any atom is -0.300 e. The van der Waals surface area contributed by atoms with Crippen LogP contribution in [0.2, 0.25) is 0 Å². The van der Waals surface area contributed by atoms with E-state index in [9.17, 15) is 4.79 Å². The molecule has 0 saturated carbocycles. The summed E-state index contributed by atoms with van der Waals surface area (Å²) in [6, 6.07) is 0. The summed E-state index contributed by atoms with van der Waals surface area (Å²) in [5.41, 5.74) is 0. The van der Waals surface area contributed by atoms with Crippen molar-refractivity contribution >= 4 is 5.78 Å². The van der Waals surface area contributed by atoms with Crippen LogP contribution >= 0.6 is 0 Å². The van der Waals surface area contributed by atoms with Crippen LogP contribution in [0.4, 0.5) is 0 Å². The van der Waals surface area contributed by atoms with Crippen molar-refractivity contribution in [3.8, 4) is 0 Å². The molecule has 0 aliphatic heterocycles. The van der Waals surface area contributed by atoms with Crippen LogP contribution in [-0.2, 0) is 4.79 Å². The fourth-order valence-corrected chi connectivity index (χ4v) is 1.38. The lowest BCUT2D eigenvalue weighted by molar-refractivity contribution is -0.122. The molecule has 0 heterocycles. The number of Topliss-reactive ketones (excluding diaryl/α,β-unsaturated/α-hetero) is 1. The first-order valence-corrected chi connectivity index (χ1v) is 4.13. The third-order valence-corrected chi connectivity index (χ3v) is 2.29. The van der Waals surface area contributed by atoms with E-state index in [0.29, 0.717) is 17.6 Å². The van der Waals surface area contributed by atoms with E-state index < -0.39 is 0 Å². The molecule has 0 spiro atoms. The Kier molecular flexibility index (Phi) is 4.33. The van der Waals surface area contributed by atoms with Crippen molar-refractivity contribution in [2.24, 2.45) is 11.8 Å². The zero-order valence-corrected chi connectivity index (χ0v) is 7.48. The summed E-state index contributed by atoms with van der Waals surface area (Å²) in [6.45, 7) is 8.06. The molecule has 0 aromatic rings. The summed E-state index contributed by atoms with van der Waals surface area (Å²) in [6.07, 6.45) is 2.10. The predicted octanol–water partition coefficient (Wildman–Crippen LogP) is 2.65. The Morgan fingerprint density at radius 3 is 1.90 bits per heavy atom. The normalized spacial score (nSPS) is 16.4. The minimum atomic E-state index is 0.296. The van der Waals surface area contributed by atoms with Crippen LogP contribution in [0.15, 0.2) is 0 Å². The highest BCUT2D eigenvalue weighted by atomic mass is 16.1. The molecule has 60 valence electrons. The molecule has 0 aromatic carbocycles. The van der Waals surface area contributed by atoms with E-state index >= 15 is 0 Å². The molecule has 0 aromatic heterocycles. The Labute approximate surface area is 63.8 Å². The van der Waals surface area contributed by atoms with Crippen molar-refractivity contribution < 1.29 is 4.79 Å². The maximum absolute atomic E-state index is 11.0. The van der Waals surface area contributed by atoms with Crippen molar-refractivity contribution in [1.29, 1.82) is 0 Å². The highest BCUT2D eigenvalue weighted by Gasteiger charge is 2.17. The summed E-state index contributed by atoms with van der Waals surface area (Å²) in [4.78, 5) is 11.0. The molecule has 0 aliphatic rings. The SMILES string of the molecule is CC[C@H](C(C)=O)[C@@H](C)CC. The first kappa shape index (κ1) is 9.67. The molecule has 0 fully saturated rings. The molecule has 10 heavy (non-hydrogen) atoms. The first-order chi connectivity index (χ1) is 4.63. The molecule has 0 N–H and O–H groups in total. The molecule has 0 saturated heterocycles. The number of carbonyl (C=O) groups excluding carboxylic acids is 1. The molecular formula is C9H18O. The summed E-state index contributed by atoms with van der Waals surface area (Å²) >= 11 is 0. The van der Waals surface area contributed by atoms with Gasteiger partial charge in [0, 0.05) is 5.92 Å². The van der Waals surface area contributed by atoms with Gasteiger partial charge in [-0.3, -0.25) is 4.79 Å². The summed E-state index contributed by atoms with van der Waals surface area (Å²) in [5.74, 6) is 1.20. The third-order valence-electron chi connectivity index (χ3n) is 2.29. The Hall–Kier alpha value is -0.330. The van der Waals surface area contributed by atoms with Crippen LogP contribution < -0.4 is 0 Å². The van der Waals surface area contributed by atoms with E-state index in [1.807, 2.05) is 0 Å². The largest absolute Gasteiger partial charge is 0.300 e. The van der Waals surface area contributed by atoms with Gasteiger partial charge in [-0.25, -0.2) is 0 Å². The molecule has 0 unspecified atom stereocenters. The Morgan fingerprint density at radius 1 is 1.30 bits per heavy atom. The van der Waals surface area contributed by atoms with Gasteiger partial charge in [-0.15, -0.1) is 0 Å². The lowest BCUT2D eigenvalue weighted by Gasteiger charge is -2.17. The Balaban J connectivity index is 3.92. The second-order valence-corrected chi connectivity index (χ2v) is 3.01. The molecule has 1 nitrogen and oxygen atoms in total. The van der Waals surface area contributed by atoms with E-state index in [2.05, 4.69) is 20.8 Å². The number of carbonyl (C=O) groups is 1. The Morgan fingerprint density at radius 2 is 1.80 bits per heavy atom. The van der Waals surface area contributed by atoms with Crippen LogP contribution in [0.3, 0.4) is 0 Å². The maximum Gasteiger partial charge on any atom is 0.133 e. The zero-order valence-electron chi connectivity index (χ0n) is 7.48. The standard InChI is InChI=1S/C9H18O/c1-5-7(3)9(6-2)8(4)10/h7,9H,5-6H2,1-4H3/t7-,9-/m0/s1. The average molecular weight is 142 g/mol. The van der Waals surface area contributed by atoms with Gasteiger partial charge in [0.2, 0.25) is 0 Å². The number of hydrogen-bond acceptors (Lipinski definition) is 1. The molecule has 0 bridgehead atoms. The molecule has 2 atom stereocenters. The molecule has 0 radical (unpaired) electrons. The average Bonchev–Trinajstić information content (AvgIpc) is 1.88. The van der Waals surface area contributed by atoms with Crippen molar-refractivity contribution in [2.45, 2.75) is 40.5 Å². The molecule has 1 heteroatoms. The fourth-order valence-electron chi connectivity index (χ4n) is 1.38. The van der Waals surface area contributed by atoms with Gasteiger partial charge >= 0.3 is 0 Å². The molecule has 0 aliphatic carbocycles. The van der Waals surface area contributed by atoms with E-state index in [-0.39, 0.29) is 0 Å². The topological polar surface area (TPSA) is 17.1 Å². The van der Waals surface area contributed by atoms with Crippen LogP contribution in [-0.4, -0.2) is 5.78 Å². The highest BCUT2D eigenvalue weighted by Crippen LogP contribution is 2.18.